The third-order valence-electron chi connectivity index (χ3n) is 2.91. The van der Waals surface area contributed by atoms with E-state index < -0.39 is 5.97 Å². The number of aromatic hydroxyl groups is 1. The predicted molar refractivity (Wildman–Crippen MR) is 68.7 cm³/mol. The van der Waals surface area contributed by atoms with Crippen molar-refractivity contribution in [2.24, 2.45) is 0 Å². The van der Waals surface area contributed by atoms with E-state index in [4.69, 9.17) is 9.84 Å². The number of carbonyl (C=O) groups is 1. The highest BCUT2D eigenvalue weighted by Gasteiger charge is 2.19. The van der Waals surface area contributed by atoms with Crippen LogP contribution in [-0.2, 0) is 0 Å². The summed E-state index contributed by atoms with van der Waals surface area (Å²) in [5.74, 6) is -0.779. The smallest absolute Gasteiger partial charge is 0.353 e. The van der Waals surface area contributed by atoms with Crippen LogP contribution in [0.15, 0.2) is 12.1 Å². The molecule has 100 valence electrons. The van der Waals surface area contributed by atoms with E-state index in [2.05, 4.69) is 10.2 Å². The molecular formula is C13H14N2O4. The number of benzene rings is 1. The van der Waals surface area contributed by atoms with Gasteiger partial charge in [-0.1, -0.05) is 6.07 Å². The van der Waals surface area contributed by atoms with E-state index in [1.807, 2.05) is 19.9 Å². The van der Waals surface area contributed by atoms with E-state index in [-0.39, 0.29) is 11.4 Å². The number of ether oxygens (including phenoxy) is 1. The van der Waals surface area contributed by atoms with E-state index >= 15 is 0 Å². The zero-order valence-corrected chi connectivity index (χ0v) is 10.8. The summed E-state index contributed by atoms with van der Waals surface area (Å²) < 4.78 is 5.14. The molecule has 19 heavy (non-hydrogen) atoms. The summed E-state index contributed by atoms with van der Waals surface area (Å²) in [7, 11) is 1.47. The topological polar surface area (TPSA) is 95.4 Å². The number of nitrogens with one attached hydrogen (secondary N) is 1. The first-order valence-corrected chi connectivity index (χ1v) is 5.62. The zero-order valence-electron chi connectivity index (χ0n) is 10.8. The second-order valence-electron chi connectivity index (χ2n) is 4.24. The number of phenolic OH excluding ortho intramolecular Hbond substituents is 1. The van der Waals surface area contributed by atoms with Gasteiger partial charge in [0, 0.05) is 0 Å². The second-order valence-corrected chi connectivity index (χ2v) is 4.24. The molecule has 0 saturated heterocycles. The molecule has 2 aromatic rings. The molecule has 1 heterocycles. The van der Waals surface area contributed by atoms with Crippen molar-refractivity contribution < 1.29 is 19.7 Å². The molecule has 0 aliphatic carbocycles. The Balaban J connectivity index is 2.64. The molecule has 6 nitrogen and oxygen atoms in total. The number of aryl methyl sites for hydroxylation is 2. The molecule has 0 bridgehead atoms. The summed E-state index contributed by atoms with van der Waals surface area (Å²) in [6.07, 6.45) is 0. The van der Waals surface area contributed by atoms with Crippen LogP contribution in [0.3, 0.4) is 0 Å². The van der Waals surface area contributed by atoms with Crippen molar-refractivity contribution in [1.29, 1.82) is 0 Å². The van der Waals surface area contributed by atoms with Crippen LogP contribution < -0.4 is 4.74 Å². The summed E-state index contributed by atoms with van der Waals surface area (Å²) in [4.78, 5) is 10.8. The van der Waals surface area contributed by atoms with Gasteiger partial charge in [0.05, 0.1) is 18.4 Å². The van der Waals surface area contributed by atoms with Gasteiger partial charge in [-0.25, -0.2) is 4.79 Å². The minimum absolute atomic E-state index is 0.0339. The van der Waals surface area contributed by atoms with Gasteiger partial charge in [0.2, 0.25) is 0 Å². The molecule has 2 rings (SSSR count). The summed E-state index contributed by atoms with van der Waals surface area (Å²) >= 11 is 0. The van der Waals surface area contributed by atoms with Gasteiger partial charge in [0.15, 0.2) is 11.5 Å². The molecule has 0 radical (unpaired) electrons. The fourth-order valence-electron chi connectivity index (χ4n) is 2.09. The molecule has 3 N–H and O–H groups in total. The number of rotatable bonds is 3. The van der Waals surface area contributed by atoms with Gasteiger partial charge in [-0.15, -0.1) is 0 Å². The predicted octanol–water partition coefficient (Wildman–Crippen LogP) is 2.11. The van der Waals surface area contributed by atoms with E-state index in [0.29, 0.717) is 17.0 Å². The fraction of sp³-hybridized carbons (Fsp3) is 0.231. The maximum absolute atomic E-state index is 10.8. The second kappa shape index (κ2) is 4.64. The van der Waals surface area contributed by atoms with Crippen LogP contribution in [0.5, 0.6) is 11.5 Å². The Morgan fingerprint density at radius 1 is 1.32 bits per heavy atom. The Bertz CT molecular complexity index is 646. The van der Waals surface area contributed by atoms with Crippen LogP contribution in [0.25, 0.3) is 11.3 Å². The van der Waals surface area contributed by atoms with Crippen molar-refractivity contribution in [3.8, 4) is 22.8 Å². The highest BCUT2D eigenvalue weighted by atomic mass is 16.5. The first-order valence-electron chi connectivity index (χ1n) is 5.62. The molecule has 0 amide bonds. The molecule has 0 saturated carbocycles. The van der Waals surface area contributed by atoms with E-state index in [0.717, 1.165) is 11.1 Å². The van der Waals surface area contributed by atoms with Crippen LogP contribution in [0.1, 0.15) is 21.6 Å². The van der Waals surface area contributed by atoms with Crippen LogP contribution in [0.4, 0.5) is 0 Å². The number of nitrogens with zero attached hydrogens (tertiary/aromatic N) is 1. The van der Waals surface area contributed by atoms with Crippen LogP contribution in [0.2, 0.25) is 0 Å². The van der Waals surface area contributed by atoms with E-state index in [9.17, 15) is 9.90 Å². The Hall–Kier alpha value is -2.50. The Kier molecular flexibility index (Phi) is 3.16. The van der Waals surface area contributed by atoms with Crippen molar-refractivity contribution in [1.82, 2.24) is 10.2 Å². The van der Waals surface area contributed by atoms with Crippen molar-refractivity contribution >= 4 is 5.97 Å². The molecule has 1 aromatic carbocycles. The Morgan fingerprint density at radius 2 is 2.00 bits per heavy atom. The third-order valence-corrected chi connectivity index (χ3v) is 2.91. The average Bonchev–Trinajstić information content (AvgIpc) is 2.78. The highest BCUT2D eigenvalue weighted by Crippen LogP contribution is 2.41. The number of aromatic nitrogens is 2. The van der Waals surface area contributed by atoms with Gasteiger partial charge >= 0.3 is 5.97 Å². The van der Waals surface area contributed by atoms with Gasteiger partial charge in [-0.2, -0.15) is 5.10 Å². The molecule has 0 atom stereocenters. The lowest BCUT2D eigenvalue weighted by Gasteiger charge is -2.13. The SMILES string of the molecule is COc1c(C)cc(C)c(-c2cc(C(=O)O)[nH]n2)c1O. The average molecular weight is 262 g/mol. The molecule has 0 aliphatic rings. The number of aromatic carboxylic acids is 1. The lowest BCUT2D eigenvalue weighted by Crippen LogP contribution is -1.95. The number of hydrogen-bond acceptors (Lipinski definition) is 4. The molecule has 0 unspecified atom stereocenters. The Morgan fingerprint density at radius 3 is 2.53 bits per heavy atom. The van der Waals surface area contributed by atoms with Gasteiger partial charge in [0.25, 0.3) is 0 Å². The summed E-state index contributed by atoms with van der Waals surface area (Å²) in [5.41, 5.74) is 2.39. The summed E-state index contributed by atoms with van der Waals surface area (Å²) in [6.45, 7) is 3.64. The molecule has 0 fully saturated rings. The maximum Gasteiger partial charge on any atom is 0.353 e. The maximum atomic E-state index is 10.8. The quantitative estimate of drug-likeness (QED) is 0.787. The van der Waals surface area contributed by atoms with Crippen molar-refractivity contribution in [2.45, 2.75) is 13.8 Å². The van der Waals surface area contributed by atoms with E-state index in [1.165, 1.54) is 13.2 Å². The summed E-state index contributed by atoms with van der Waals surface area (Å²) in [6, 6.07) is 3.22. The summed E-state index contributed by atoms with van der Waals surface area (Å²) in [5, 5.41) is 25.4. The first kappa shape index (κ1) is 12.9. The molecular weight excluding hydrogens is 248 g/mol. The zero-order chi connectivity index (χ0) is 14.2. The molecule has 1 aromatic heterocycles. The molecule has 0 spiro atoms. The number of aromatic amines is 1. The van der Waals surface area contributed by atoms with Gasteiger partial charge in [-0.05, 0) is 31.0 Å². The number of methoxy groups -OCH3 is 1. The molecule has 0 aliphatic heterocycles. The minimum atomic E-state index is -1.10. The number of H-pyrrole nitrogens is 1. The Labute approximate surface area is 109 Å². The largest absolute Gasteiger partial charge is 0.504 e. The van der Waals surface area contributed by atoms with Crippen LogP contribution in [-0.4, -0.2) is 33.5 Å². The minimum Gasteiger partial charge on any atom is -0.504 e. The number of hydrogen-bond donors (Lipinski definition) is 3. The standard InChI is InChI=1S/C13H14N2O4/c1-6-4-7(2)12(19-3)11(16)10(6)8-5-9(13(17)18)15-14-8/h4-5,16H,1-3H3,(H,14,15)(H,17,18). The molecule has 6 heteroatoms. The van der Waals surface area contributed by atoms with Gasteiger partial charge in [-0.3, -0.25) is 5.10 Å². The number of phenols is 1. The monoisotopic (exact) mass is 262 g/mol. The first-order chi connectivity index (χ1) is 8.95. The lowest BCUT2D eigenvalue weighted by atomic mass is 10.0. The van der Waals surface area contributed by atoms with E-state index in [1.54, 1.807) is 0 Å². The highest BCUT2D eigenvalue weighted by molar-refractivity contribution is 5.88. The normalized spacial score (nSPS) is 10.5. The van der Waals surface area contributed by atoms with Crippen molar-refractivity contribution in [3.63, 3.8) is 0 Å². The fourth-order valence-corrected chi connectivity index (χ4v) is 2.09. The van der Waals surface area contributed by atoms with Crippen molar-refractivity contribution in [3.05, 3.63) is 29.0 Å². The van der Waals surface area contributed by atoms with Crippen molar-refractivity contribution in [2.75, 3.05) is 7.11 Å². The number of carboxylic acids is 1. The van der Waals surface area contributed by atoms with Gasteiger partial charge < -0.3 is 14.9 Å². The van der Waals surface area contributed by atoms with Gasteiger partial charge in [0.1, 0.15) is 5.69 Å². The lowest BCUT2D eigenvalue weighted by molar-refractivity contribution is 0.0690. The van der Waals surface area contributed by atoms with Crippen LogP contribution >= 0.6 is 0 Å². The third kappa shape index (κ3) is 2.12. The van der Waals surface area contributed by atoms with Crippen LogP contribution in [0, 0.1) is 13.8 Å². The number of carboxylic acid groups (broad SMARTS) is 1.